The highest BCUT2D eigenvalue weighted by Crippen LogP contribution is 2.20. The Morgan fingerprint density at radius 2 is 2.05 bits per heavy atom. The van der Waals surface area contributed by atoms with Crippen LogP contribution in [0.3, 0.4) is 0 Å². The number of carbonyl (C=O) groups is 1. The van der Waals surface area contributed by atoms with Gasteiger partial charge in [0, 0.05) is 6.54 Å². The predicted octanol–water partition coefficient (Wildman–Crippen LogP) is 2.83. The van der Waals surface area contributed by atoms with E-state index in [9.17, 15) is 4.79 Å². The standard InChI is InChI=1S/C15H18N2O2/c1-3-17-10-16-9-14(17)13-6-4-12(5-7-13)8-11(2)15(18)19/h4-7,9-11H,3,8H2,1-2H3,(H,18,19). The molecule has 0 saturated carbocycles. The minimum absolute atomic E-state index is 0.355. The minimum Gasteiger partial charge on any atom is -0.481 e. The molecule has 0 fully saturated rings. The number of carboxylic acid groups (broad SMARTS) is 1. The molecular formula is C15H18N2O2. The molecule has 2 rings (SSSR count). The van der Waals surface area contributed by atoms with Gasteiger partial charge in [0.05, 0.1) is 24.1 Å². The maximum Gasteiger partial charge on any atom is 0.306 e. The van der Waals surface area contributed by atoms with Crippen LogP contribution in [0.25, 0.3) is 11.3 Å². The SMILES string of the molecule is CCn1cncc1-c1ccc(CC(C)C(=O)O)cc1. The van der Waals surface area contributed by atoms with Crippen LogP contribution in [-0.2, 0) is 17.8 Å². The molecule has 1 N–H and O–H groups in total. The maximum absolute atomic E-state index is 10.8. The van der Waals surface area contributed by atoms with Crippen molar-refractivity contribution in [2.24, 2.45) is 5.92 Å². The molecule has 0 saturated heterocycles. The number of hydrogen-bond donors (Lipinski definition) is 1. The predicted molar refractivity (Wildman–Crippen MR) is 73.8 cm³/mol. The van der Waals surface area contributed by atoms with E-state index in [0.717, 1.165) is 23.4 Å². The zero-order valence-corrected chi connectivity index (χ0v) is 11.2. The lowest BCUT2D eigenvalue weighted by molar-refractivity contribution is -0.141. The molecular weight excluding hydrogens is 240 g/mol. The Balaban J connectivity index is 2.17. The summed E-state index contributed by atoms with van der Waals surface area (Å²) in [6.45, 7) is 4.68. The first-order valence-electron chi connectivity index (χ1n) is 6.44. The molecule has 100 valence electrons. The van der Waals surface area contributed by atoms with Crippen LogP contribution in [0.4, 0.5) is 0 Å². The Morgan fingerprint density at radius 1 is 1.37 bits per heavy atom. The summed E-state index contributed by atoms with van der Waals surface area (Å²) in [4.78, 5) is 15.0. The smallest absolute Gasteiger partial charge is 0.306 e. The van der Waals surface area contributed by atoms with Crippen molar-refractivity contribution in [1.82, 2.24) is 9.55 Å². The minimum atomic E-state index is -0.756. The molecule has 1 heterocycles. The first-order chi connectivity index (χ1) is 9.11. The van der Waals surface area contributed by atoms with Crippen LogP contribution < -0.4 is 0 Å². The van der Waals surface area contributed by atoms with Gasteiger partial charge in [-0.15, -0.1) is 0 Å². The normalized spacial score (nSPS) is 12.3. The Morgan fingerprint density at radius 3 is 2.63 bits per heavy atom. The maximum atomic E-state index is 10.8. The van der Waals surface area contributed by atoms with Gasteiger partial charge in [-0.05, 0) is 24.5 Å². The molecule has 1 atom stereocenters. The van der Waals surface area contributed by atoms with Gasteiger partial charge in [0.15, 0.2) is 0 Å². The number of benzene rings is 1. The van der Waals surface area contributed by atoms with E-state index >= 15 is 0 Å². The second-order valence-electron chi connectivity index (χ2n) is 4.71. The van der Waals surface area contributed by atoms with Gasteiger partial charge in [-0.1, -0.05) is 31.2 Å². The molecule has 0 amide bonds. The number of aryl methyl sites for hydroxylation is 1. The molecule has 0 radical (unpaired) electrons. The fourth-order valence-corrected chi connectivity index (χ4v) is 2.07. The quantitative estimate of drug-likeness (QED) is 0.897. The lowest BCUT2D eigenvalue weighted by atomic mass is 10.00. The summed E-state index contributed by atoms with van der Waals surface area (Å²) in [6.07, 6.45) is 4.22. The summed E-state index contributed by atoms with van der Waals surface area (Å²) in [5.41, 5.74) is 3.23. The van der Waals surface area contributed by atoms with Crippen LogP contribution in [0.1, 0.15) is 19.4 Å². The van der Waals surface area contributed by atoms with Crippen molar-refractivity contribution in [1.29, 1.82) is 0 Å². The summed E-state index contributed by atoms with van der Waals surface area (Å²) >= 11 is 0. The number of rotatable bonds is 5. The molecule has 2 aromatic rings. The topological polar surface area (TPSA) is 55.1 Å². The average Bonchev–Trinajstić information content (AvgIpc) is 2.87. The van der Waals surface area contributed by atoms with Crippen LogP contribution in [0.15, 0.2) is 36.8 Å². The Labute approximate surface area is 112 Å². The molecule has 0 aliphatic heterocycles. The Hall–Kier alpha value is -2.10. The van der Waals surface area contributed by atoms with E-state index in [4.69, 9.17) is 5.11 Å². The zero-order valence-electron chi connectivity index (χ0n) is 11.2. The second-order valence-corrected chi connectivity index (χ2v) is 4.71. The molecule has 4 heteroatoms. The van der Waals surface area contributed by atoms with E-state index in [-0.39, 0.29) is 5.92 Å². The highest BCUT2D eigenvalue weighted by Gasteiger charge is 2.11. The van der Waals surface area contributed by atoms with Crippen molar-refractivity contribution < 1.29 is 9.90 Å². The van der Waals surface area contributed by atoms with Crippen molar-refractivity contribution in [3.8, 4) is 11.3 Å². The van der Waals surface area contributed by atoms with Gasteiger partial charge in [-0.25, -0.2) is 4.98 Å². The van der Waals surface area contributed by atoms with Crippen molar-refractivity contribution in [3.63, 3.8) is 0 Å². The van der Waals surface area contributed by atoms with Gasteiger partial charge >= 0.3 is 5.97 Å². The fourth-order valence-electron chi connectivity index (χ4n) is 2.07. The number of aromatic nitrogens is 2. The molecule has 1 aromatic heterocycles. The number of hydrogen-bond acceptors (Lipinski definition) is 2. The van der Waals surface area contributed by atoms with Crippen molar-refractivity contribution >= 4 is 5.97 Å². The lowest BCUT2D eigenvalue weighted by Crippen LogP contribution is -2.12. The van der Waals surface area contributed by atoms with Crippen LogP contribution in [0, 0.1) is 5.92 Å². The third kappa shape index (κ3) is 3.02. The third-order valence-corrected chi connectivity index (χ3v) is 3.27. The van der Waals surface area contributed by atoms with Crippen LogP contribution in [0.2, 0.25) is 0 Å². The average molecular weight is 258 g/mol. The number of aliphatic carboxylic acids is 1. The summed E-state index contributed by atoms with van der Waals surface area (Å²) < 4.78 is 2.08. The highest BCUT2D eigenvalue weighted by atomic mass is 16.4. The first kappa shape index (κ1) is 13.3. The molecule has 0 bridgehead atoms. The molecule has 1 aromatic carbocycles. The van der Waals surface area contributed by atoms with E-state index < -0.39 is 5.97 Å². The van der Waals surface area contributed by atoms with Crippen LogP contribution in [0.5, 0.6) is 0 Å². The van der Waals surface area contributed by atoms with Crippen LogP contribution in [-0.4, -0.2) is 20.6 Å². The van der Waals surface area contributed by atoms with E-state index in [1.807, 2.05) is 36.8 Å². The van der Waals surface area contributed by atoms with Gasteiger partial charge in [0.25, 0.3) is 0 Å². The van der Waals surface area contributed by atoms with Crippen molar-refractivity contribution in [3.05, 3.63) is 42.4 Å². The van der Waals surface area contributed by atoms with Crippen molar-refractivity contribution in [2.45, 2.75) is 26.8 Å². The fraction of sp³-hybridized carbons (Fsp3) is 0.333. The molecule has 19 heavy (non-hydrogen) atoms. The number of carboxylic acids is 1. The largest absolute Gasteiger partial charge is 0.481 e. The number of imidazole rings is 1. The van der Waals surface area contributed by atoms with E-state index in [2.05, 4.69) is 16.5 Å². The Bertz CT molecular complexity index is 558. The molecule has 1 unspecified atom stereocenters. The van der Waals surface area contributed by atoms with E-state index in [1.165, 1.54) is 0 Å². The molecule has 0 aliphatic carbocycles. The van der Waals surface area contributed by atoms with E-state index in [0.29, 0.717) is 6.42 Å². The zero-order chi connectivity index (χ0) is 13.8. The summed E-state index contributed by atoms with van der Waals surface area (Å²) in [7, 11) is 0. The molecule has 4 nitrogen and oxygen atoms in total. The highest BCUT2D eigenvalue weighted by molar-refractivity contribution is 5.70. The van der Waals surface area contributed by atoms with Gasteiger partial charge in [0.1, 0.15) is 0 Å². The molecule has 0 aliphatic rings. The molecule has 0 spiro atoms. The summed E-state index contributed by atoms with van der Waals surface area (Å²) in [5.74, 6) is -1.11. The second kappa shape index (κ2) is 5.69. The lowest BCUT2D eigenvalue weighted by Gasteiger charge is -2.08. The van der Waals surface area contributed by atoms with Crippen LogP contribution >= 0.6 is 0 Å². The van der Waals surface area contributed by atoms with Gasteiger partial charge < -0.3 is 9.67 Å². The first-order valence-corrected chi connectivity index (χ1v) is 6.44. The van der Waals surface area contributed by atoms with E-state index in [1.54, 1.807) is 6.92 Å². The summed E-state index contributed by atoms with van der Waals surface area (Å²) in [5, 5.41) is 8.90. The van der Waals surface area contributed by atoms with Crippen molar-refractivity contribution in [2.75, 3.05) is 0 Å². The number of nitrogens with zero attached hydrogens (tertiary/aromatic N) is 2. The van der Waals surface area contributed by atoms with Gasteiger partial charge in [0.2, 0.25) is 0 Å². The third-order valence-electron chi connectivity index (χ3n) is 3.27. The van der Waals surface area contributed by atoms with Gasteiger partial charge in [-0.2, -0.15) is 0 Å². The Kier molecular flexibility index (Phi) is 4.00. The van der Waals surface area contributed by atoms with Gasteiger partial charge in [-0.3, -0.25) is 4.79 Å². The monoisotopic (exact) mass is 258 g/mol. The summed E-state index contributed by atoms with van der Waals surface area (Å²) in [6, 6.07) is 8.02.